The van der Waals surface area contributed by atoms with Crippen LogP contribution in [-0.4, -0.2) is 34.5 Å². The quantitative estimate of drug-likeness (QED) is 0.520. The monoisotopic (exact) mass is 446 g/mol. The van der Waals surface area contributed by atoms with Crippen molar-refractivity contribution >= 4 is 21.6 Å². The minimum absolute atomic E-state index is 0.126. The van der Waals surface area contributed by atoms with Crippen molar-refractivity contribution in [2.24, 2.45) is 5.92 Å². The Balaban J connectivity index is 2.33. The topological polar surface area (TPSA) is 75.7 Å². The zero-order valence-corrected chi connectivity index (χ0v) is 19.7. The third-order valence-corrected chi connectivity index (χ3v) is 7.13. The van der Waals surface area contributed by atoms with E-state index in [1.807, 2.05) is 13.0 Å². The SMILES string of the molecule is CCCC[C@@H](CC)CNC(=O)CN(c1cc(C)ccc1OC)S(=O)(=O)c1ccccc1. The standard InChI is InChI=1S/C24H34N2O4S/c1-5-7-11-20(6-2)17-25-24(27)18-26(22-16-19(3)14-15-23(22)30-4)31(28,29)21-12-9-8-10-13-21/h8-10,12-16,20H,5-7,11,17-18H2,1-4H3,(H,25,27)/t20-/m1/s1. The van der Waals surface area contributed by atoms with Crippen molar-refractivity contribution in [3.05, 3.63) is 54.1 Å². The van der Waals surface area contributed by atoms with Gasteiger partial charge in [-0.2, -0.15) is 0 Å². The molecule has 2 aromatic rings. The van der Waals surface area contributed by atoms with Crippen molar-refractivity contribution in [3.63, 3.8) is 0 Å². The van der Waals surface area contributed by atoms with E-state index in [1.165, 1.54) is 19.2 Å². The molecule has 0 saturated carbocycles. The van der Waals surface area contributed by atoms with Gasteiger partial charge in [0, 0.05) is 6.54 Å². The van der Waals surface area contributed by atoms with E-state index in [-0.39, 0.29) is 17.3 Å². The molecule has 2 aromatic carbocycles. The second-order valence-electron chi connectivity index (χ2n) is 7.72. The number of unbranched alkanes of at least 4 members (excludes halogenated alkanes) is 1. The molecule has 0 aromatic heterocycles. The third kappa shape index (κ3) is 6.72. The van der Waals surface area contributed by atoms with Crippen molar-refractivity contribution in [1.82, 2.24) is 5.32 Å². The second kappa shape index (κ2) is 11.7. The zero-order chi connectivity index (χ0) is 22.9. The van der Waals surface area contributed by atoms with Crippen LogP contribution >= 0.6 is 0 Å². The van der Waals surface area contributed by atoms with Crippen molar-refractivity contribution in [2.75, 3.05) is 24.5 Å². The smallest absolute Gasteiger partial charge is 0.264 e. The number of amides is 1. The number of rotatable bonds is 12. The predicted octanol–water partition coefficient (Wildman–Crippen LogP) is 4.53. The van der Waals surface area contributed by atoms with Crippen molar-refractivity contribution in [1.29, 1.82) is 0 Å². The van der Waals surface area contributed by atoms with Gasteiger partial charge in [0.25, 0.3) is 10.0 Å². The van der Waals surface area contributed by atoms with E-state index in [2.05, 4.69) is 19.2 Å². The average Bonchev–Trinajstić information content (AvgIpc) is 2.78. The molecule has 170 valence electrons. The maximum Gasteiger partial charge on any atom is 0.264 e. The van der Waals surface area contributed by atoms with E-state index in [9.17, 15) is 13.2 Å². The molecule has 0 spiro atoms. The van der Waals surface area contributed by atoms with Crippen LogP contribution in [0.2, 0.25) is 0 Å². The first kappa shape index (κ1) is 24.7. The molecule has 31 heavy (non-hydrogen) atoms. The lowest BCUT2D eigenvalue weighted by Crippen LogP contribution is -2.42. The molecule has 1 N–H and O–H groups in total. The number of carbonyl (C=O) groups excluding carboxylic acids is 1. The summed E-state index contributed by atoms with van der Waals surface area (Å²) < 4.78 is 33.5. The molecule has 0 aliphatic rings. The molecule has 0 saturated heterocycles. The maximum atomic E-state index is 13.5. The summed E-state index contributed by atoms with van der Waals surface area (Å²) in [6, 6.07) is 13.4. The number of aryl methyl sites for hydroxylation is 1. The Bertz CT molecular complexity index is 945. The molecular formula is C24H34N2O4S. The lowest BCUT2D eigenvalue weighted by molar-refractivity contribution is -0.119. The normalized spacial score (nSPS) is 12.3. The fourth-order valence-corrected chi connectivity index (χ4v) is 4.85. The van der Waals surface area contributed by atoms with Gasteiger partial charge in [-0.05, 0) is 49.1 Å². The summed E-state index contributed by atoms with van der Waals surface area (Å²) >= 11 is 0. The van der Waals surface area contributed by atoms with Gasteiger partial charge in [-0.15, -0.1) is 0 Å². The van der Waals surface area contributed by atoms with Crippen LogP contribution in [0.4, 0.5) is 5.69 Å². The van der Waals surface area contributed by atoms with Crippen LogP contribution in [0.1, 0.15) is 45.1 Å². The summed E-state index contributed by atoms with van der Waals surface area (Å²) in [4.78, 5) is 13.0. The highest BCUT2D eigenvalue weighted by molar-refractivity contribution is 7.92. The molecule has 0 aliphatic carbocycles. The molecule has 0 aliphatic heterocycles. The Morgan fingerprint density at radius 1 is 1.13 bits per heavy atom. The van der Waals surface area contributed by atoms with Crippen LogP contribution in [0, 0.1) is 12.8 Å². The second-order valence-corrected chi connectivity index (χ2v) is 9.58. The van der Waals surface area contributed by atoms with Gasteiger partial charge in [0.1, 0.15) is 12.3 Å². The lowest BCUT2D eigenvalue weighted by Gasteiger charge is -2.26. The van der Waals surface area contributed by atoms with Crippen LogP contribution in [0.15, 0.2) is 53.4 Å². The van der Waals surface area contributed by atoms with Crippen LogP contribution < -0.4 is 14.4 Å². The van der Waals surface area contributed by atoms with Crippen LogP contribution in [0.3, 0.4) is 0 Å². The van der Waals surface area contributed by atoms with E-state index < -0.39 is 10.0 Å². The summed E-state index contributed by atoms with van der Waals surface area (Å²) in [6.07, 6.45) is 4.24. The zero-order valence-electron chi connectivity index (χ0n) is 18.9. The van der Waals surface area contributed by atoms with Crippen molar-refractivity contribution < 1.29 is 17.9 Å². The Morgan fingerprint density at radius 2 is 1.84 bits per heavy atom. The molecule has 0 radical (unpaired) electrons. The van der Waals surface area contributed by atoms with E-state index in [1.54, 1.807) is 30.3 Å². The highest BCUT2D eigenvalue weighted by atomic mass is 32.2. The summed E-state index contributed by atoms with van der Waals surface area (Å²) in [5, 5.41) is 2.93. The Hall–Kier alpha value is -2.54. The lowest BCUT2D eigenvalue weighted by atomic mass is 9.99. The Kier molecular flexibility index (Phi) is 9.37. The number of methoxy groups -OCH3 is 1. The van der Waals surface area contributed by atoms with Gasteiger partial charge in [0.15, 0.2) is 0 Å². The molecule has 0 heterocycles. The molecule has 0 unspecified atom stereocenters. The molecule has 2 rings (SSSR count). The Labute approximate surface area is 186 Å². The van der Waals surface area contributed by atoms with E-state index in [4.69, 9.17) is 4.74 Å². The van der Waals surface area contributed by atoms with Crippen LogP contribution in [-0.2, 0) is 14.8 Å². The summed E-state index contributed by atoms with van der Waals surface area (Å²) in [5.74, 6) is 0.446. The fraction of sp³-hybridized carbons (Fsp3) is 0.458. The molecule has 0 fully saturated rings. The van der Waals surface area contributed by atoms with E-state index in [0.29, 0.717) is 23.9 Å². The number of ether oxygens (including phenoxy) is 1. The number of sulfonamides is 1. The minimum atomic E-state index is -3.96. The van der Waals surface area contributed by atoms with Crippen molar-refractivity contribution in [2.45, 2.75) is 51.3 Å². The van der Waals surface area contributed by atoms with Gasteiger partial charge in [-0.1, -0.05) is 57.4 Å². The highest BCUT2D eigenvalue weighted by Gasteiger charge is 2.29. The Morgan fingerprint density at radius 3 is 2.45 bits per heavy atom. The number of carbonyl (C=O) groups is 1. The van der Waals surface area contributed by atoms with Crippen LogP contribution in [0.25, 0.3) is 0 Å². The summed E-state index contributed by atoms with van der Waals surface area (Å²) in [5.41, 5.74) is 1.22. The number of hydrogen-bond donors (Lipinski definition) is 1. The predicted molar refractivity (Wildman–Crippen MR) is 125 cm³/mol. The molecule has 1 atom stereocenters. The molecule has 0 bridgehead atoms. The number of nitrogens with one attached hydrogen (secondary N) is 1. The molecule has 7 heteroatoms. The van der Waals surface area contributed by atoms with E-state index >= 15 is 0 Å². The number of nitrogens with zero attached hydrogens (tertiary/aromatic N) is 1. The van der Waals surface area contributed by atoms with Gasteiger partial charge in [0.2, 0.25) is 5.91 Å². The third-order valence-electron chi connectivity index (χ3n) is 5.35. The molecule has 1 amide bonds. The van der Waals surface area contributed by atoms with Crippen LogP contribution in [0.5, 0.6) is 5.75 Å². The van der Waals surface area contributed by atoms with Gasteiger partial charge < -0.3 is 10.1 Å². The summed E-state index contributed by atoms with van der Waals surface area (Å²) in [7, 11) is -2.48. The van der Waals surface area contributed by atoms with Gasteiger partial charge in [-0.25, -0.2) is 8.42 Å². The number of hydrogen-bond acceptors (Lipinski definition) is 4. The maximum absolute atomic E-state index is 13.5. The fourth-order valence-electron chi connectivity index (χ4n) is 3.40. The van der Waals surface area contributed by atoms with E-state index in [0.717, 1.165) is 35.6 Å². The van der Waals surface area contributed by atoms with Gasteiger partial charge in [0.05, 0.1) is 17.7 Å². The number of benzene rings is 2. The van der Waals surface area contributed by atoms with Gasteiger partial charge >= 0.3 is 0 Å². The molecule has 6 nitrogen and oxygen atoms in total. The van der Waals surface area contributed by atoms with Crippen molar-refractivity contribution in [3.8, 4) is 5.75 Å². The summed E-state index contributed by atoms with van der Waals surface area (Å²) in [6.45, 7) is 6.35. The minimum Gasteiger partial charge on any atom is -0.495 e. The first-order chi connectivity index (χ1) is 14.8. The van der Waals surface area contributed by atoms with Gasteiger partial charge in [-0.3, -0.25) is 9.10 Å². The first-order valence-corrected chi connectivity index (χ1v) is 12.3. The number of anilines is 1. The first-order valence-electron chi connectivity index (χ1n) is 10.8. The average molecular weight is 447 g/mol. The largest absolute Gasteiger partial charge is 0.495 e. The molecular weight excluding hydrogens is 412 g/mol. The highest BCUT2D eigenvalue weighted by Crippen LogP contribution is 2.33.